The minimum absolute atomic E-state index is 0.549. The first kappa shape index (κ1) is 31.5. The second-order valence-corrected chi connectivity index (χ2v) is 14.3. The monoisotopic (exact) mass is 731 g/mol. The Morgan fingerprint density at radius 2 is 0.807 bits per heavy atom. The zero-order chi connectivity index (χ0) is 37.5. The summed E-state index contributed by atoms with van der Waals surface area (Å²) in [6, 6.07) is 59.7. The van der Waals surface area contributed by atoms with Gasteiger partial charge in [-0.25, -0.2) is 15.0 Å². The van der Waals surface area contributed by atoms with E-state index in [-0.39, 0.29) is 0 Å². The summed E-state index contributed by atoms with van der Waals surface area (Å²) >= 11 is 0. The van der Waals surface area contributed by atoms with Crippen molar-refractivity contribution in [3.63, 3.8) is 0 Å². The molecule has 12 rings (SSSR count). The van der Waals surface area contributed by atoms with Crippen molar-refractivity contribution in [3.8, 4) is 56.4 Å². The Kier molecular flexibility index (Phi) is 6.83. The molecule has 0 saturated heterocycles. The number of hydrogen-bond donors (Lipinski definition) is 0. The van der Waals surface area contributed by atoms with Gasteiger partial charge < -0.3 is 13.3 Å². The van der Waals surface area contributed by atoms with Crippen molar-refractivity contribution in [3.05, 3.63) is 176 Å². The molecule has 8 aromatic carbocycles. The summed E-state index contributed by atoms with van der Waals surface area (Å²) in [5, 5.41) is 6.29. The molecular formula is C51H29N3O3. The molecule has 6 heteroatoms. The van der Waals surface area contributed by atoms with Crippen LogP contribution < -0.4 is 0 Å². The van der Waals surface area contributed by atoms with Gasteiger partial charge >= 0.3 is 0 Å². The Bertz CT molecular complexity index is 3470. The van der Waals surface area contributed by atoms with Crippen LogP contribution in [0.25, 0.3) is 122 Å². The molecule has 0 amide bonds. The highest BCUT2D eigenvalue weighted by molar-refractivity contribution is 6.21. The van der Waals surface area contributed by atoms with Crippen molar-refractivity contribution in [1.82, 2.24) is 15.0 Å². The van der Waals surface area contributed by atoms with Crippen LogP contribution >= 0.6 is 0 Å². The second kappa shape index (κ2) is 12.3. The highest BCUT2D eigenvalue weighted by Gasteiger charge is 2.22. The Morgan fingerprint density at radius 1 is 0.281 bits per heavy atom. The number of para-hydroxylation sites is 3. The van der Waals surface area contributed by atoms with Crippen LogP contribution in [-0.2, 0) is 0 Å². The first-order chi connectivity index (χ1) is 28.2. The third-order valence-electron chi connectivity index (χ3n) is 11.0. The van der Waals surface area contributed by atoms with Gasteiger partial charge in [-0.05, 0) is 59.2 Å². The highest BCUT2D eigenvalue weighted by atomic mass is 16.3. The van der Waals surface area contributed by atoms with Crippen LogP contribution in [0.5, 0.6) is 0 Å². The summed E-state index contributed by atoms with van der Waals surface area (Å²) in [4.78, 5) is 14.9. The molecule has 0 bridgehead atoms. The van der Waals surface area contributed by atoms with E-state index in [1.54, 1.807) is 0 Å². The maximum Gasteiger partial charge on any atom is 0.167 e. The summed E-state index contributed by atoms with van der Waals surface area (Å²) in [5.41, 5.74) is 11.8. The van der Waals surface area contributed by atoms with Crippen molar-refractivity contribution in [2.45, 2.75) is 0 Å². The van der Waals surface area contributed by atoms with E-state index < -0.39 is 0 Å². The first-order valence-corrected chi connectivity index (χ1v) is 18.9. The average Bonchev–Trinajstić information content (AvgIpc) is 3.98. The molecule has 0 atom stereocenters. The zero-order valence-electron chi connectivity index (χ0n) is 30.3. The number of benzene rings is 8. The minimum atomic E-state index is 0.549. The van der Waals surface area contributed by atoms with Gasteiger partial charge in [-0.1, -0.05) is 133 Å². The summed E-state index contributed by atoms with van der Waals surface area (Å²) in [5.74, 6) is 1.75. The minimum Gasteiger partial charge on any atom is -0.456 e. The maximum absolute atomic E-state index is 6.77. The third-order valence-corrected chi connectivity index (χ3v) is 11.0. The molecule has 0 radical (unpaired) electrons. The van der Waals surface area contributed by atoms with Gasteiger partial charge in [-0.2, -0.15) is 0 Å². The van der Waals surface area contributed by atoms with Gasteiger partial charge in [0.2, 0.25) is 0 Å². The fourth-order valence-electron chi connectivity index (χ4n) is 8.35. The Labute approximate surface area is 325 Å². The summed E-state index contributed by atoms with van der Waals surface area (Å²) in [6.07, 6.45) is 0. The van der Waals surface area contributed by atoms with E-state index in [0.717, 1.165) is 105 Å². The number of aromatic nitrogens is 3. The van der Waals surface area contributed by atoms with Crippen LogP contribution in [-0.4, -0.2) is 15.0 Å². The van der Waals surface area contributed by atoms with Gasteiger partial charge in [0.05, 0.1) is 5.56 Å². The Hall–Kier alpha value is -7.83. The Balaban J connectivity index is 1.05. The van der Waals surface area contributed by atoms with E-state index in [1.165, 1.54) is 0 Å². The number of rotatable bonds is 5. The number of nitrogens with zero attached hydrogens (tertiary/aromatic N) is 3. The molecule has 0 aliphatic carbocycles. The molecule has 4 heterocycles. The molecule has 4 aromatic heterocycles. The van der Waals surface area contributed by atoms with Gasteiger partial charge in [-0.3, -0.25) is 0 Å². The molecule has 0 aliphatic rings. The lowest BCUT2D eigenvalue weighted by Crippen LogP contribution is -2.00. The fourth-order valence-corrected chi connectivity index (χ4v) is 8.35. The summed E-state index contributed by atoms with van der Waals surface area (Å²) < 4.78 is 19.7. The van der Waals surface area contributed by atoms with E-state index in [9.17, 15) is 0 Å². The normalized spacial score (nSPS) is 11.9. The lowest BCUT2D eigenvalue weighted by Gasteiger charge is -2.10. The smallest absolute Gasteiger partial charge is 0.167 e. The molecule has 12 aromatic rings. The quantitative estimate of drug-likeness (QED) is 0.175. The highest BCUT2D eigenvalue weighted by Crippen LogP contribution is 2.46. The molecule has 0 unspecified atom stereocenters. The van der Waals surface area contributed by atoms with Gasteiger partial charge in [0.15, 0.2) is 17.5 Å². The molecule has 57 heavy (non-hydrogen) atoms. The fraction of sp³-hybridized carbons (Fsp3) is 0. The van der Waals surface area contributed by atoms with Crippen LogP contribution in [0.4, 0.5) is 0 Å². The van der Waals surface area contributed by atoms with E-state index in [1.807, 2.05) is 109 Å². The van der Waals surface area contributed by atoms with Crippen molar-refractivity contribution < 1.29 is 13.3 Å². The number of furan rings is 3. The molecule has 0 N–H and O–H groups in total. The Morgan fingerprint density at radius 3 is 1.56 bits per heavy atom. The molecule has 0 aliphatic heterocycles. The number of fused-ring (bicyclic) bond motifs is 9. The predicted octanol–water partition coefficient (Wildman–Crippen LogP) is 13.9. The van der Waals surface area contributed by atoms with Gasteiger partial charge in [0.1, 0.15) is 33.5 Å². The van der Waals surface area contributed by atoms with Crippen LogP contribution in [0.3, 0.4) is 0 Å². The third kappa shape index (κ3) is 4.94. The first-order valence-electron chi connectivity index (χ1n) is 18.9. The van der Waals surface area contributed by atoms with Crippen molar-refractivity contribution in [2.75, 3.05) is 0 Å². The maximum atomic E-state index is 6.77. The lowest BCUT2D eigenvalue weighted by atomic mass is 9.92. The SMILES string of the molecule is c1ccc(-c2nc(-c3ccccc3)nc(-c3cccc4c3oc3ccc(-c5ccc(-c6cccc7oc8ccccc8c67)c6c5oc5ccccc56)cc34)n2)cc1. The summed E-state index contributed by atoms with van der Waals surface area (Å²) in [6.45, 7) is 0. The number of hydrogen-bond acceptors (Lipinski definition) is 6. The van der Waals surface area contributed by atoms with Gasteiger partial charge in [-0.15, -0.1) is 0 Å². The molecular weight excluding hydrogens is 703 g/mol. The van der Waals surface area contributed by atoms with E-state index >= 15 is 0 Å². The lowest BCUT2D eigenvalue weighted by molar-refractivity contribution is 0.668. The molecule has 0 spiro atoms. The second-order valence-electron chi connectivity index (χ2n) is 14.3. The van der Waals surface area contributed by atoms with Crippen LogP contribution in [0.1, 0.15) is 0 Å². The van der Waals surface area contributed by atoms with Gasteiger partial charge in [0.25, 0.3) is 0 Å². The largest absolute Gasteiger partial charge is 0.456 e. The van der Waals surface area contributed by atoms with Crippen LogP contribution in [0.15, 0.2) is 189 Å². The van der Waals surface area contributed by atoms with Gasteiger partial charge in [0, 0.05) is 49.0 Å². The standard InChI is InChI=1S/C51H29N3O3/c1-3-13-30(14-4-1)49-52-50(31-15-5-2-6-16-31)54-51(53-49)39-21-11-20-36-40-29-32(25-28-43(40)56-47(36)39)33-26-27-35(46-38-18-8-10-23-42(38)57-48(33)46)34-19-12-24-44-45(34)37-17-7-9-22-41(37)55-44/h1-29H. The van der Waals surface area contributed by atoms with Crippen LogP contribution in [0.2, 0.25) is 0 Å². The summed E-state index contributed by atoms with van der Waals surface area (Å²) in [7, 11) is 0. The van der Waals surface area contributed by atoms with Crippen molar-refractivity contribution in [1.29, 1.82) is 0 Å². The molecule has 0 saturated carbocycles. The molecule has 266 valence electrons. The van der Waals surface area contributed by atoms with E-state index in [2.05, 4.69) is 66.7 Å². The van der Waals surface area contributed by atoms with Crippen molar-refractivity contribution in [2.24, 2.45) is 0 Å². The van der Waals surface area contributed by atoms with E-state index in [4.69, 9.17) is 28.2 Å². The predicted molar refractivity (Wildman–Crippen MR) is 229 cm³/mol. The molecule has 6 nitrogen and oxygen atoms in total. The average molecular weight is 732 g/mol. The van der Waals surface area contributed by atoms with E-state index in [0.29, 0.717) is 17.5 Å². The van der Waals surface area contributed by atoms with Crippen molar-refractivity contribution >= 4 is 65.8 Å². The topological polar surface area (TPSA) is 78.1 Å². The zero-order valence-corrected chi connectivity index (χ0v) is 30.3. The van der Waals surface area contributed by atoms with Crippen LogP contribution in [0, 0.1) is 0 Å². The molecule has 0 fully saturated rings.